The van der Waals surface area contributed by atoms with Crippen LogP contribution >= 0.6 is 0 Å². The van der Waals surface area contributed by atoms with E-state index in [1.54, 1.807) is 6.92 Å². The van der Waals surface area contributed by atoms with Gasteiger partial charge in [0, 0.05) is 0 Å². The summed E-state index contributed by atoms with van der Waals surface area (Å²) in [6.45, 7) is 3.56. The highest BCUT2D eigenvalue weighted by molar-refractivity contribution is 5.98. The molecule has 0 aliphatic heterocycles. The van der Waals surface area contributed by atoms with E-state index >= 15 is 0 Å². The molecular formula is C13H17N3O5. The average molecular weight is 295 g/mol. The molecule has 1 aromatic carbocycles. The van der Waals surface area contributed by atoms with E-state index in [-0.39, 0.29) is 11.3 Å². The van der Waals surface area contributed by atoms with Crippen LogP contribution in [0.25, 0.3) is 0 Å². The highest BCUT2D eigenvalue weighted by Gasteiger charge is 2.20. The van der Waals surface area contributed by atoms with Crippen molar-refractivity contribution in [2.24, 2.45) is 5.73 Å². The lowest BCUT2D eigenvalue weighted by molar-refractivity contribution is -0.127. The molecule has 0 aliphatic rings. The molecule has 5 N–H and O–H groups in total. The van der Waals surface area contributed by atoms with Crippen LogP contribution in [0.1, 0.15) is 24.2 Å². The van der Waals surface area contributed by atoms with Gasteiger partial charge in [0.15, 0.2) is 6.10 Å². The van der Waals surface area contributed by atoms with Crippen LogP contribution < -0.4 is 21.5 Å². The number of rotatable bonds is 5. The number of carbonyl (C=O) groups is 3. The van der Waals surface area contributed by atoms with Crippen molar-refractivity contribution in [3.8, 4) is 5.75 Å². The lowest BCUT2D eigenvalue weighted by Gasteiger charge is -2.13. The van der Waals surface area contributed by atoms with Gasteiger partial charge < -0.3 is 20.9 Å². The molecule has 1 atom stereocenters. The van der Waals surface area contributed by atoms with E-state index in [1.807, 2.05) is 5.32 Å². The van der Waals surface area contributed by atoms with Gasteiger partial charge in [0.2, 0.25) is 0 Å². The second-order valence-corrected chi connectivity index (χ2v) is 4.09. The summed E-state index contributed by atoms with van der Waals surface area (Å²) in [6.07, 6.45) is -1.17. The van der Waals surface area contributed by atoms with Gasteiger partial charge in [-0.25, -0.2) is 9.59 Å². The third-order valence-corrected chi connectivity index (χ3v) is 2.44. The van der Waals surface area contributed by atoms with Crippen LogP contribution in [0.4, 0.5) is 10.5 Å². The molecule has 0 heterocycles. The Hall–Kier alpha value is -2.77. The number of benzene rings is 1. The number of urea groups is 1. The van der Waals surface area contributed by atoms with Gasteiger partial charge in [-0.05, 0) is 32.0 Å². The molecule has 8 nitrogen and oxygen atoms in total. The maximum atomic E-state index is 11.9. The van der Waals surface area contributed by atoms with Gasteiger partial charge >= 0.3 is 12.0 Å². The lowest BCUT2D eigenvalue weighted by Crippen LogP contribution is -2.42. The van der Waals surface area contributed by atoms with E-state index in [1.165, 1.54) is 25.1 Å². The van der Waals surface area contributed by atoms with Gasteiger partial charge in [-0.15, -0.1) is 0 Å². The number of ether oxygens (including phenoxy) is 2. The van der Waals surface area contributed by atoms with E-state index in [2.05, 4.69) is 0 Å². The smallest absolute Gasteiger partial charge is 0.338 e. The number of nitrogens with one attached hydrogen (secondary N) is 1. The van der Waals surface area contributed by atoms with E-state index < -0.39 is 24.0 Å². The summed E-state index contributed by atoms with van der Waals surface area (Å²) in [5.41, 5.74) is 11.0. The molecule has 114 valence electrons. The Bertz CT molecular complexity index is 559. The van der Waals surface area contributed by atoms with Crippen molar-refractivity contribution in [3.63, 3.8) is 0 Å². The number of anilines is 1. The first kappa shape index (κ1) is 16.3. The van der Waals surface area contributed by atoms with E-state index in [4.69, 9.17) is 20.9 Å². The number of esters is 1. The summed E-state index contributed by atoms with van der Waals surface area (Å²) in [6, 6.07) is 3.35. The zero-order valence-corrected chi connectivity index (χ0v) is 11.7. The summed E-state index contributed by atoms with van der Waals surface area (Å²) in [5, 5.41) is 1.81. The normalized spacial score (nSPS) is 11.3. The standard InChI is InChI=1S/C13H17N3O5/c1-3-20-10-5-4-8(6-9(10)14)12(18)21-7(2)11(17)16-13(15)19/h4-7H,3,14H2,1-2H3,(H3,15,16,17,19). The van der Waals surface area contributed by atoms with Crippen molar-refractivity contribution in [1.29, 1.82) is 0 Å². The van der Waals surface area contributed by atoms with Gasteiger partial charge in [0.05, 0.1) is 17.9 Å². The fraction of sp³-hybridized carbons (Fsp3) is 0.308. The number of primary amides is 1. The summed E-state index contributed by atoms with van der Waals surface area (Å²) in [5.74, 6) is -1.11. The first-order valence-electron chi connectivity index (χ1n) is 6.18. The Morgan fingerprint density at radius 2 is 2.00 bits per heavy atom. The van der Waals surface area contributed by atoms with E-state index in [9.17, 15) is 14.4 Å². The highest BCUT2D eigenvalue weighted by Crippen LogP contribution is 2.23. The van der Waals surface area contributed by atoms with Crippen molar-refractivity contribution < 1.29 is 23.9 Å². The van der Waals surface area contributed by atoms with Crippen LogP contribution in [0.5, 0.6) is 5.75 Å². The van der Waals surface area contributed by atoms with Crippen LogP contribution in [0, 0.1) is 0 Å². The van der Waals surface area contributed by atoms with E-state index in [0.717, 1.165) is 0 Å². The maximum absolute atomic E-state index is 11.9. The van der Waals surface area contributed by atoms with Crippen molar-refractivity contribution in [2.45, 2.75) is 20.0 Å². The minimum absolute atomic E-state index is 0.162. The van der Waals surface area contributed by atoms with Crippen LogP contribution in [0.2, 0.25) is 0 Å². The topological polar surface area (TPSA) is 134 Å². The first-order chi connectivity index (χ1) is 9.85. The summed E-state index contributed by atoms with van der Waals surface area (Å²) < 4.78 is 10.1. The molecule has 1 rings (SSSR count). The Morgan fingerprint density at radius 3 is 2.52 bits per heavy atom. The van der Waals surface area contributed by atoms with Crippen LogP contribution in [-0.4, -0.2) is 30.6 Å². The molecule has 1 unspecified atom stereocenters. The minimum atomic E-state index is -1.17. The molecule has 8 heteroatoms. The molecule has 3 amide bonds. The van der Waals surface area contributed by atoms with Gasteiger partial charge in [0.1, 0.15) is 5.75 Å². The molecule has 0 fully saturated rings. The first-order valence-corrected chi connectivity index (χ1v) is 6.18. The van der Waals surface area contributed by atoms with Crippen LogP contribution in [0.3, 0.4) is 0 Å². The molecule has 0 bridgehead atoms. The zero-order valence-electron chi connectivity index (χ0n) is 11.7. The average Bonchev–Trinajstić information content (AvgIpc) is 2.40. The predicted molar refractivity (Wildman–Crippen MR) is 74.6 cm³/mol. The Morgan fingerprint density at radius 1 is 1.33 bits per heavy atom. The number of hydrogen-bond donors (Lipinski definition) is 3. The number of nitrogen functional groups attached to an aromatic ring is 1. The third kappa shape index (κ3) is 4.68. The van der Waals surface area contributed by atoms with Crippen molar-refractivity contribution in [1.82, 2.24) is 5.32 Å². The van der Waals surface area contributed by atoms with Crippen molar-refractivity contribution in [2.75, 3.05) is 12.3 Å². The van der Waals surface area contributed by atoms with Gasteiger partial charge in [-0.2, -0.15) is 0 Å². The summed E-state index contributed by atoms with van der Waals surface area (Å²) in [4.78, 5) is 33.8. The van der Waals surface area contributed by atoms with Gasteiger partial charge in [-0.1, -0.05) is 0 Å². The molecule has 21 heavy (non-hydrogen) atoms. The third-order valence-electron chi connectivity index (χ3n) is 2.44. The molecule has 1 aromatic rings. The quantitative estimate of drug-likeness (QED) is 0.532. The Labute approximate surface area is 121 Å². The molecule has 0 saturated carbocycles. The Kier molecular flexibility index (Phi) is 5.53. The second-order valence-electron chi connectivity index (χ2n) is 4.09. The fourth-order valence-corrected chi connectivity index (χ4v) is 1.47. The predicted octanol–water partition coefficient (Wildman–Crippen LogP) is 0.408. The molecule has 0 aromatic heterocycles. The molecule has 0 aliphatic carbocycles. The largest absolute Gasteiger partial charge is 0.492 e. The molecule has 0 radical (unpaired) electrons. The number of imide groups is 1. The number of hydrogen-bond acceptors (Lipinski definition) is 6. The van der Waals surface area contributed by atoms with Crippen LogP contribution in [0.15, 0.2) is 18.2 Å². The second kappa shape index (κ2) is 7.13. The van der Waals surface area contributed by atoms with Gasteiger partial charge in [-0.3, -0.25) is 10.1 Å². The van der Waals surface area contributed by atoms with Crippen LogP contribution in [-0.2, 0) is 9.53 Å². The fourth-order valence-electron chi connectivity index (χ4n) is 1.47. The maximum Gasteiger partial charge on any atom is 0.338 e. The molecule has 0 saturated heterocycles. The van der Waals surface area contributed by atoms with Gasteiger partial charge in [0.25, 0.3) is 5.91 Å². The lowest BCUT2D eigenvalue weighted by atomic mass is 10.2. The monoisotopic (exact) mass is 295 g/mol. The number of carbonyl (C=O) groups excluding carboxylic acids is 3. The minimum Gasteiger partial charge on any atom is -0.492 e. The molecular weight excluding hydrogens is 278 g/mol. The zero-order chi connectivity index (χ0) is 16.0. The Balaban J connectivity index is 2.73. The highest BCUT2D eigenvalue weighted by atomic mass is 16.5. The number of nitrogens with two attached hydrogens (primary N) is 2. The summed E-state index contributed by atoms with van der Waals surface area (Å²) in [7, 11) is 0. The van der Waals surface area contributed by atoms with E-state index in [0.29, 0.717) is 12.4 Å². The van der Waals surface area contributed by atoms with Crippen molar-refractivity contribution in [3.05, 3.63) is 23.8 Å². The SMILES string of the molecule is CCOc1ccc(C(=O)OC(C)C(=O)NC(N)=O)cc1N. The number of amides is 3. The summed E-state index contributed by atoms with van der Waals surface area (Å²) >= 11 is 0. The van der Waals surface area contributed by atoms with Crippen molar-refractivity contribution >= 4 is 23.6 Å². The molecule has 0 spiro atoms.